The summed E-state index contributed by atoms with van der Waals surface area (Å²) >= 11 is 6.24. The number of nitrogens with one attached hydrogen (secondary N) is 1. The number of methoxy groups -OCH3 is 1. The number of benzene rings is 3. The molecule has 0 saturated carbocycles. The molecule has 0 atom stereocenters. The Hall–Kier alpha value is -3.64. The second kappa shape index (κ2) is 8.62. The first kappa shape index (κ1) is 20.6. The Kier molecular flexibility index (Phi) is 5.73. The van der Waals surface area contributed by atoms with Crippen LogP contribution in [-0.4, -0.2) is 23.8 Å². The van der Waals surface area contributed by atoms with Crippen LogP contribution in [-0.2, 0) is 16.1 Å². The van der Waals surface area contributed by atoms with Gasteiger partial charge in [-0.2, -0.15) is 0 Å². The normalized spacial score (nSPS) is 13.7. The van der Waals surface area contributed by atoms with Crippen molar-refractivity contribution in [3.63, 3.8) is 0 Å². The summed E-state index contributed by atoms with van der Waals surface area (Å²) in [6, 6.07) is 19.5. The second-order valence-corrected chi connectivity index (χ2v) is 7.31. The van der Waals surface area contributed by atoms with Crippen LogP contribution in [0.2, 0.25) is 5.02 Å². The summed E-state index contributed by atoms with van der Waals surface area (Å²) < 4.78 is 18.5. The van der Waals surface area contributed by atoms with Gasteiger partial charge in [0.05, 0.1) is 19.2 Å². The highest BCUT2D eigenvalue weighted by molar-refractivity contribution is 6.36. The highest BCUT2D eigenvalue weighted by Crippen LogP contribution is 2.33. The molecule has 0 spiro atoms. The first-order valence-electron chi connectivity index (χ1n) is 9.49. The fourth-order valence-electron chi connectivity index (χ4n) is 3.34. The monoisotopic (exact) mass is 436 g/mol. The number of anilines is 1. The molecule has 4 rings (SSSR count). The summed E-state index contributed by atoms with van der Waals surface area (Å²) in [4.78, 5) is 27.7. The summed E-state index contributed by atoms with van der Waals surface area (Å²) in [6.07, 6.45) is 0. The van der Waals surface area contributed by atoms with Gasteiger partial charge in [-0.1, -0.05) is 41.9 Å². The third kappa shape index (κ3) is 4.15. The lowest BCUT2D eigenvalue weighted by molar-refractivity contribution is -0.137. The Labute approximate surface area is 183 Å². The smallest absolute Gasteiger partial charge is 0.278 e. The standard InChI is InChI=1S/C24H18ClFN2O3/c1-31-19-12-6-15(7-13-19)21-22(27-18-10-8-17(26)9-11-18)24(30)28(23(21)29)14-16-4-2-3-5-20(16)25/h2-13,27H,14H2,1H3. The van der Waals surface area contributed by atoms with E-state index in [1.54, 1.807) is 55.6 Å². The fraction of sp³-hybridized carbons (Fsp3) is 0.0833. The summed E-state index contributed by atoms with van der Waals surface area (Å²) in [5.74, 6) is -0.703. The Morgan fingerprint density at radius 1 is 0.935 bits per heavy atom. The van der Waals surface area contributed by atoms with Crippen LogP contribution in [0.25, 0.3) is 5.57 Å². The van der Waals surface area contributed by atoms with Crippen molar-refractivity contribution in [2.75, 3.05) is 12.4 Å². The molecule has 1 N–H and O–H groups in total. The van der Waals surface area contributed by atoms with Crippen LogP contribution in [0, 0.1) is 5.82 Å². The molecule has 2 amide bonds. The van der Waals surface area contributed by atoms with Crippen LogP contribution in [0.4, 0.5) is 10.1 Å². The molecular weight excluding hydrogens is 419 g/mol. The summed E-state index contributed by atoms with van der Waals surface area (Å²) in [7, 11) is 1.55. The van der Waals surface area contributed by atoms with Crippen LogP contribution < -0.4 is 10.1 Å². The summed E-state index contributed by atoms with van der Waals surface area (Å²) in [6.45, 7) is 0.0333. The number of ether oxygens (including phenoxy) is 1. The maximum absolute atomic E-state index is 13.3. The summed E-state index contributed by atoms with van der Waals surface area (Å²) in [5.41, 5.74) is 2.05. The molecule has 3 aromatic rings. The molecule has 0 unspecified atom stereocenters. The van der Waals surface area contributed by atoms with Gasteiger partial charge >= 0.3 is 0 Å². The van der Waals surface area contributed by atoms with Gasteiger partial charge in [-0.3, -0.25) is 14.5 Å². The molecule has 0 aliphatic carbocycles. The fourth-order valence-corrected chi connectivity index (χ4v) is 3.53. The predicted molar refractivity (Wildman–Crippen MR) is 117 cm³/mol. The lowest BCUT2D eigenvalue weighted by Gasteiger charge is -2.16. The number of imide groups is 1. The molecule has 0 fully saturated rings. The van der Waals surface area contributed by atoms with E-state index in [-0.39, 0.29) is 17.8 Å². The average Bonchev–Trinajstić information content (AvgIpc) is 3.01. The molecule has 156 valence electrons. The molecule has 0 saturated heterocycles. The summed E-state index contributed by atoms with van der Waals surface area (Å²) in [5, 5.41) is 3.46. The minimum Gasteiger partial charge on any atom is -0.497 e. The number of carbonyl (C=O) groups is 2. The van der Waals surface area contributed by atoms with Crippen molar-refractivity contribution in [2.45, 2.75) is 6.54 Å². The number of hydrogen-bond donors (Lipinski definition) is 1. The maximum Gasteiger partial charge on any atom is 0.278 e. The van der Waals surface area contributed by atoms with Gasteiger partial charge in [0.25, 0.3) is 11.8 Å². The van der Waals surface area contributed by atoms with Gasteiger partial charge in [-0.25, -0.2) is 4.39 Å². The SMILES string of the molecule is COc1ccc(C2=C(Nc3ccc(F)cc3)C(=O)N(Cc3ccccc3Cl)C2=O)cc1. The zero-order valence-corrected chi connectivity index (χ0v) is 17.3. The van der Waals surface area contributed by atoms with Crippen molar-refractivity contribution in [3.05, 3.63) is 100 Å². The van der Waals surface area contributed by atoms with Crippen LogP contribution in [0.3, 0.4) is 0 Å². The molecule has 7 heteroatoms. The van der Waals surface area contributed by atoms with Crippen molar-refractivity contribution in [1.29, 1.82) is 0 Å². The molecule has 1 heterocycles. The third-order valence-electron chi connectivity index (χ3n) is 4.95. The van der Waals surface area contributed by atoms with Crippen LogP contribution in [0.5, 0.6) is 5.75 Å². The number of hydrogen-bond acceptors (Lipinski definition) is 4. The molecule has 0 radical (unpaired) electrons. The molecule has 0 bridgehead atoms. The van der Waals surface area contributed by atoms with E-state index in [9.17, 15) is 14.0 Å². The van der Waals surface area contributed by atoms with Crippen molar-refractivity contribution in [2.24, 2.45) is 0 Å². The first-order valence-corrected chi connectivity index (χ1v) is 9.86. The molecular formula is C24H18ClFN2O3. The zero-order chi connectivity index (χ0) is 22.0. The van der Waals surface area contributed by atoms with Gasteiger partial charge in [0.15, 0.2) is 0 Å². The van der Waals surface area contributed by atoms with E-state index >= 15 is 0 Å². The topological polar surface area (TPSA) is 58.6 Å². The highest BCUT2D eigenvalue weighted by atomic mass is 35.5. The van der Waals surface area contributed by atoms with Crippen molar-refractivity contribution in [3.8, 4) is 5.75 Å². The Morgan fingerprint density at radius 2 is 1.61 bits per heavy atom. The predicted octanol–water partition coefficient (Wildman–Crippen LogP) is 4.88. The maximum atomic E-state index is 13.3. The Morgan fingerprint density at radius 3 is 2.26 bits per heavy atom. The minimum absolute atomic E-state index is 0.0333. The molecule has 1 aliphatic heterocycles. The van der Waals surface area contributed by atoms with Crippen molar-refractivity contribution >= 4 is 34.7 Å². The Bertz CT molecular complexity index is 1170. The number of rotatable bonds is 6. The van der Waals surface area contributed by atoms with Gasteiger partial charge in [0.2, 0.25) is 0 Å². The quantitative estimate of drug-likeness (QED) is 0.559. The van der Waals surface area contributed by atoms with Crippen LogP contribution in [0.15, 0.2) is 78.5 Å². The van der Waals surface area contributed by atoms with E-state index in [1.807, 2.05) is 0 Å². The van der Waals surface area contributed by atoms with Gasteiger partial charge in [0.1, 0.15) is 17.3 Å². The largest absolute Gasteiger partial charge is 0.497 e. The van der Waals surface area contributed by atoms with Crippen LogP contribution in [0.1, 0.15) is 11.1 Å². The molecule has 31 heavy (non-hydrogen) atoms. The number of halogens is 2. The Balaban J connectivity index is 1.74. The molecule has 3 aromatic carbocycles. The van der Waals surface area contributed by atoms with Gasteiger partial charge < -0.3 is 10.1 Å². The van der Waals surface area contributed by atoms with Gasteiger partial charge in [-0.15, -0.1) is 0 Å². The van der Waals surface area contributed by atoms with Gasteiger partial charge in [0, 0.05) is 10.7 Å². The number of carbonyl (C=O) groups excluding carboxylic acids is 2. The molecule has 1 aliphatic rings. The van der Waals surface area contributed by atoms with E-state index in [1.165, 1.54) is 24.3 Å². The van der Waals surface area contributed by atoms with Crippen molar-refractivity contribution < 1.29 is 18.7 Å². The van der Waals surface area contributed by atoms with E-state index < -0.39 is 17.6 Å². The number of nitrogens with zero attached hydrogens (tertiary/aromatic N) is 1. The van der Waals surface area contributed by atoms with E-state index in [0.29, 0.717) is 27.6 Å². The van der Waals surface area contributed by atoms with Gasteiger partial charge in [-0.05, 0) is 53.6 Å². The number of amides is 2. The minimum atomic E-state index is -0.486. The van der Waals surface area contributed by atoms with E-state index in [2.05, 4.69) is 5.32 Å². The molecule has 0 aromatic heterocycles. The molecule has 5 nitrogen and oxygen atoms in total. The van der Waals surface area contributed by atoms with E-state index in [0.717, 1.165) is 4.90 Å². The van der Waals surface area contributed by atoms with Crippen LogP contribution >= 0.6 is 11.6 Å². The van der Waals surface area contributed by atoms with E-state index in [4.69, 9.17) is 16.3 Å². The lowest BCUT2D eigenvalue weighted by Crippen LogP contribution is -2.32. The average molecular weight is 437 g/mol. The zero-order valence-electron chi connectivity index (χ0n) is 16.6. The second-order valence-electron chi connectivity index (χ2n) is 6.90. The van der Waals surface area contributed by atoms with Crippen molar-refractivity contribution in [1.82, 2.24) is 4.90 Å². The first-order chi connectivity index (χ1) is 15.0. The third-order valence-corrected chi connectivity index (χ3v) is 5.32. The highest BCUT2D eigenvalue weighted by Gasteiger charge is 2.39. The lowest BCUT2D eigenvalue weighted by atomic mass is 10.0.